The summed E-state index contributed by atoms with van der Waals surface area (Å²) < 4.78 is 4.94. The van der Waals surface area contributed by atoms with E-state index in [2.05, 4.69) is 5.32 Å². The molecular formula is C10H17NO4. The molecule has 0 radical (unpaired) electrons. The minimum Gasteiger partial charge on any atom is -0.481 e. The fourth-order valence-corrected chi connectivity index (χ4v) is 1.51. The van der Waals surface area contributed by atoms with Crippen molar-refractivity contribution < 1.29 is 19.4 Å². The van der Waals surface area contributed by atoms with Crippen molar-refractivity contribution in [2.24, 2.45) is 5.41 Å². The topological polar surface area (TPSA) is 75.6 Å². The van der Waals surface area contributed by atoms with Gasteiger partial charge in [-0.05, 0) is 19.3 Å². The zero-order valence-electron chi connectivity index (χ0n) is 8.91. The van der Waals surface area contributed by atoms with Gasteiger partial charge in [0.2, 0.25) is 5.91 Å². The molecule has 1 fully saturated rings. The molecule has 0 heterocycles. The fraction of sp³-hybridized carbons (Fsp3) is 0.800. The minimum atomic E-state index is -0.892. The SMILES string of the molecule is COCCC1(C(=O)NCCC(=O)O)CC1. The van der Waals surface area contributed by atoms with E-state index >= 15 is 0 Å². The molecule has 5 heteroatoms. The molecule has 2 N–H and O–H groups in total. The predicted octanol–water partition coefficient (Wildman–Crippen LogP) is 0.394. The first-order valence-corrected chi connectivity index (χ1v) is 5.10. The second kappa shape index (κ2) is 5.11. The van der Waals surface area contributed by atoms with Crippen LogP contribution in [0.1, 0.15) is 25.7 Å². The van der Waals surface area contributed by atoms with Crippen molar-refractivity contribution in [3.63, 3.8) is 0 Å². The normalized spacial score (nSPS) is 17.1. The Bertz CT molecular complexity index is 248. The largest absolute Gasteiger partial charge is 0.481 e. The molecule has 0 aromatic rings. The van der Waals surface area contributed by atoms with Gasteiger partial charge in [0.25, 0.3) is 0 Å². The summed E-state index contributed by atoms with van der Waals surface area (Å²) in [5.41, 5.74) is -0.269. The van der Waals surface area contributed by atoms with Gasteiger partial charge in [0.05, 0.1) is 11.8 Å². The number of amides is 1. The van der Waals surface area contributed by atoms with E-state index in [1.165, 1.54) is 0 Å². The van der Waals surface area contributed by atoms with E-state index in [1.807, 2.05) is 0 Å². The van der Waals surface area contributed by atoms with Gasteiger partial charge in [-0.1, -0.05) is 0 Å². The van der Waals surface area contributed by atoms with Crippen LogP contribution in [0.25, 0.3) is 0 Å². The Balaban J connectivity index is 2.24. The quantitative estimate of drug-likeness (QED) is 0.644. The van der Waals surface area contributed by atoms with Crippen LogP contribution in [0, 0.1) is 5.41 Å². The molecule has 0 spiro atoms. The summed E-state index contributed by atoms with van der Waals surface area (Å²) in [7, 11) is 1.61. The van der Waals surface area contributed by atoms with Crippen molar-refractivity contribution in [2.45, 2.75) is 25.7 Å². The smallest absolute Gasteiger partial charge is 0.305 e. The van der Waals surface area contributed by atoms with Gasteiger partial charge in [-0.2, -0.15) is 0 Å². The molecule has 86 valence electrons. The maximum atomic E-state index is 11.7. The molecule has 1 rings (SSSR count). The summed E-state index contributed by atoms with van der Waals surface area (Å²) in [5, 5.41) is 11.1. The van der Waals surface area contributed by atoms with Crippen LogP contribution in [0.2, 0.25) is 0 Å². The highest BCUT2D eigenvalue weighted by molar-refractivity contribution is 5.85. The average Bonchev–Trinajstić information content (AvgIpc) is 2.95. The lowest BCUT2D eigenvalue weighted by molar-refractivity contribution is -0.137. The fourth-order valence-electron chi connectivity index (χ4n) is 1.51. The number of aliphatic carboxylic acids is 1. The number of rotatable bonds is 7. The van der Waals surface area contributed by atoms with E-state index in [0.717, 1.165) is 19.3 Å². The highest BCUT2D eigenvalue weighted by atomic mass is 16.5. The Labute approximate surface area is 88.8 Å². The molecule has 1 amide bonds. The van der Waals surface area contributed by atoms with Crippen LogP contribution in [-0.2, 0) is 14.3 Å². The molecule has 1 saturated carbocycles. The molecule has 0 saturated heterocycles. The highest BCUT2D eigenvalue weighted by Gasteiger charge is 2.48. The molecule has 0 aromatic carbocycles. The summed E-state index contributed by atoms with van der Waals surface area (Å²) in [6, 6.07) is 0. The van der Waals surface area contributed by atoms with Crippen molar-refractivity contribution >= 4 is 11.9 Å². The lowest BCUT2D eigenvalue weighted by Gasteiger charge is -2.13. The van der Waals surface area contributed by atoms with E-state index < -0.39 is 5.97 Å². The van der Waals surface area contributed by atoms with Crippen LogP contribution < -0.4 is 5.32 Å². The van der Waals surface area contributed by atoms with Crippen LogP contribution in [0.4, 0.5) is 0 Å². The Kier molecular flexibility index (Phi) is 4.08. The Morgan fingerprint density at radius 2 is 2.13 bits per heavy atom. The predicted molar refractivity (Wildman–Crippen MR) is 53.4 cm³/mol. The van der Waals surface area contributed by atoms with Crippen LogP contribution in [0.5, 0.6) is 0 Å². The molecule has 0 bridgehead atoms. The lowest BCUT2D eigenvalue weighted by Crippen LogP contribution is -2.34. The van der Waals surface area contributed by atoms with Gasteiger partial charge in [-0.15, -0.1) is 0 Å². The van der Waals surface area contributed by atoms with Gasteiger partial charge in [-0.25, -0.2) is 0 Å². The third-order valence-corrected chi connectivity index (χ3v) is 2.74. The third-order valence-electron chi connectivity index (χ3n) is 2.74. The Hall–Kier alpha value is -1.10. The number of carboxylic acid groups (broad SMARTS) is 1. The van der Waals surface area contributed by atoms with E-state index in [4.69, 9.17) is 9.84 Å². The highest BCUT2D eigenvalue weighted by Crippen LogP contribution is 2.48. The zero-order chi connectivity index (χ0) is 11.3. The van der Waals surface area contributed by atoms with Crippen LogP contribution in [-0.4, -0.2) is 37.2 Å². The minimum absolute atomic E-state index is 0.0217. The summed E-state index contributed by atoms with van der Waals surface area (Å²) in [5.74, 6) is -0.919. The molecule has 5 nitrogen and oxygen atoms in total. The molecule has 0 unspecified atom stereocenters. The van der Waals surface area contributed by atoms with Crippen molar-refractivity contribution in [3.05, 3.63) is 0 Å². The third kappa shape index (κ3) is 3.51. The average molecular weight is 215 g/mol. The number of nitrogens with one attached hydrogen (secondary N) is 1. The lowest BCUT2D eigenvalue weighted by atomic mass is 10.0. The van der Waals surface area contributed by atoms with E-state index in [-0.39, 0.29) is 24.3 Å². The number of carbonyl (C=O) groups excluding carboxylic acids is 1. The Morgan fingerprint density at radius 3 is 2.60 bits per heavy atom. The van der Waals surface area contributed by atoms with Gasteiger partial charge < -0.3 is 15.2 Å². The van der Waals surface area contributed by atoms with Crippen LogP contribution in [0.15, 0.2) is 0 Å². The number of carboxylic acids is 1. The second-order valence-electron chi connectivity index (χ2n) is 3.92. The number of hydrogen-bond donors (Lipinski definition) is 2. The molecule has 0 aliphatic heterocycles. The van der Waals surface area contributed by atoms with Gasteiger partial charge in [-0.3, -0.25) is 9.59 Å². The van der Waals surface area contributed by atoms with Crippen molar-refractivity contribution in [1.82, 2.24) is 5.32 Å². The molecule has 0 atom stereocenters. The monoisotopic (exact) mass is 215 g/mol. The molecule has 1 aliphatic carbocycles. The van der Waals surface area contributed by atoms with E-state index in [9.17, 15) is 9.59 Å². The van der Waals surface area contributed by atoms with Crippen molar-refractivity contribution in [3.8, 4) is 0 Å². The summed E-state index contributed by atoms with van der Waals surface area (Å²) in [6.45, 7) is 0.787. The first kappa shape index (κ1) is 12.0. The van der Waals surface area contributed by atoms with Gasteiger partial charge in [0.15, 0.2) is 0 Å². The first-order valence-electron chi connectivity index (χ1n) is 5.10. The van der Waals surface area contributed by atoms with E-state index in [0.29, 0.717) is 6.61 Å². The zero-order valence-corrected chi connectivity index (χ0v) is 8.91. The second-order valence-corrected chi connectivity index (χ2v) is 3.92. The summed E-state index contributed by atoms with van der Waals surface area (Å²) in [4.78, 5) is 21.9. The van der Waals surface area contributed by atoms with Crippen LogP contribution in [0.3, 0.4) is 0 Å². The van der Waals surface area contributed by atoms with E-state index in [1.54, 1.807) is 7.11 Å². The number of methoxy groups -OCH3 is 1. The van der Waals surface area contributed by atoms with Gasteiger partial charge in [0.1, 0.15) is 0 Å². The van der Waals surface area contributed by atoms with Gasteiger partial charge >= 0.3 is 5.97 Å². The Morgan fingerprint density at radius 1 is 1.47 bits per heavy atom. The molecule has 0 aromatic heterocycles. The van der Waals surface area contributed by atoms with Crippen LogP contribution >= 0.6 is 0 Å². The molecule has 15 heavy (non-hydrogen) atoms. The summed E-state index contributed by atoms with van der Waals surface area (Å²) in [6.07, 6.45) is 2.47. The first-order chi connectivity index (χ1) is 7.10. The van der Waals surface area contributed by atoms with Gasteiger partial charge in [0, 0.05) is 20.3 Å². The maximum Gasteiger partial charge on any atom is 0.305 e. The number of hydrogen-bond acceptors (Lipinski definition) is 3. The van der Waals surface area contributed by atoms with Crippen molar-refractivity contribution in [1.29, 1.82) is 0 Å². The van der Waals surface area contributed by atoms with Crippen molar-refractivity contribution in [2.75, 3.05) is 20.3 Å². The standard InChI is InChI=1S/C10H17NO4/c1-15-7-5-10(3-4-10)9(14)11-6-2-8(12)13/h2-7H2,1H3,(H,11,14)(H,12,13). The molecular weight excluding hydrogens is 198 g/mol. The molecule has 1 aliphatic rings. The number of carbonyl (C=O) groups is 2. The maximum absolute atomic E-state index is 11.7. The number of ether oxygens (including phenoxy) is 1. The summed E-state index contributed by atoms with van der Waals surface area (Å²) >= 11 is 0.